The van der Waals surface area contributed by atoms with Gasteiger partial charge in [0.1, 0.15) is 23.7 Å². The molecule has 0 bridgehead atoms. The predicted octanol–water partition coefficient (Wildman–Crippen LogP) is 6.11. The fourth-order valence-electron chi connectivity index (χ4n) is 3.77. The maximum Gasteiger partial charge on any atom is 0.530 e. The minimum Gasteiger partial charge on any atom is -0.497 e. The Labute approximate surface area is 215 Å². The number of phosphoric ester groups is 1. The topological polar surface area (TPSA) is 75.7 Å². The molecule has 8 nitrogen and oxygen atoms in total. The number of anilines is 1. The largest absolute Gasteiger partial charge is 0.530 e. The smallest absolute Gasteiger partial charge is 0.497 e. The van der Waals surface area contributed by atoms with E-state index in [1.807, 2.05) is 42.5 Å². The van der Waals surface area contributed by atoms with Crippen molar-refractivity contribution in [2.45, 2.75) is 51.7 Å². The molecule has 3 rings (SSSR count). The predicted molar refractivity (Wildman–Crippen MR) is 141 cm³/mol. The summed E-state index contributed by atoms with van der Waals surface area (Å²) in [5, 5.41) is 0. The second-order valence-electron chi connectivity index (χ2n) is 8.77. The van der Waals surface area contributed by atoms with E-state index in [0.29, 0.717) is 32.1 Å². The third-order valence-electron chi connectivity index (χ3n) is 5.69. The molecule has 1 saturated heterocycles. The molecule has 200 valence electrons. The third-order valence-corrected chi connectivity index (χ3v) is 7.24. The molecule has 1 heterocycles. The number of hydrogen-bond acceptors (Lipinski definition) is 8. The molecule has 0 spiro atoms. The molecular weight excluding hydrogens is 481 g/mol. The summed E-state index contributed by atoms with van der Waals surface area (Å²) in [5.41, 5.74) is 0.973. The van der Waals surface area contributed by atoms with Gasteiger partial charge < -0.3 is 23.6 Å². The molecule has 0 saturated carbocycles. The van der Waals surface area contributed by atoms with E-state index in [1.54, 1.807) is 19.2 Å². The number of methoxy groups -OCH3 is 1. The van der Waals surface area contributed by atoms with Gasteiger partial charge in [0.15, 0.2) is 0 Å². The molecule has 2 aromatic rings. The van der Waals surface area contributed by atoms with E-state index >= 15 is 0 Å². The van der Waals surface area contributed by atoms with Gasteiger partial charge in [0.25, 0.3) is 0 Å². The fraction of sp³-hybridized carbons (Fsp3) is 0.556. The van der Waals surface area contributed by atoms with Crippen LogP contribution in [0.25, 0.3) is 0 Å². The highest BCUT2D eigenvalue weighted by molar-refractivity contribution is 7.49. The van der Waals surface area contributed by atoms with Gasteiger partial charge in [-0.2, -0.15) is 0 Å². The number of nitrogens with zero attached hydrogens (tertiary/aromatic N) is 1. The molecule has 0 N–H and O–H groups in total. The highest BCUT2D eigenvalue weighted by atomic mass is 31.2. The Hall–Kier alpha value is -2.09. The van der Waals surface area contributed by atoms with Gasteiger partial charge in [-0.1, -0.05) is 44.9 Å². The molecule has 2 unspecified atom stereocenters. The van der Waals surface area contributed by atoms with Crippen LogP contribution in [0.15, 0.2) is 54.6 Å². The Morgan fingerprint density at radius 2 is 1.39 bits per heavy atom. The molecule has 0 amide bonds. The van der Waals surface area contributed by atoms with E-state index in [9.17, 15) is 4.57 Å². The molecule has 36 heavy (non-hydrogen) atoms. The number of ether oxygens (including phenoxy) is 3. The van der Waals surface area contributed by atoms with Crippen molar-refractivity contribution in [3.05, 3.63) is 54.6 Å². The SMILES string of the molecule is CCCCOCC1CN(c2ccc(OC)cc2)CC(COCCCC)OP(=O)(Oc2ccccc2)O1. The van der Waals surface area contributed by atoms with Crippen molar-refractivity contribution < 1.29 is 32.3 Å². The molecule has 9 heteroatoms. The summed E-state index contributed by atoms with van der Waals surface area (Å²) in [6, 6.07) is 16.8. The van der Waals surface area contributed by atoms with Crippen molar-refractivity contribution in [1.29, 1.82) is 0 Å². The minimum absolute atomic E-state index is 0.274. The van der Waals surface area contributed by atoms with E-state index in [0.717, 1.165) is 37.1 Å². The van der Waals surface area contributed by atoms with Crippen LogP contribution in [0.3, 0.4) is 0 Å². The molecule has 1 aliphatic heterocycles. The quantitative estimate of drug-likeness (QED) is 0.218. The van der Waals surface area contributed by atoms with Crippen molar-refractivity contribution in [2.24, 2.45) is 0 Å². The van der Waals surface area contributed by atoms with Crippen LogP contribution in [0.5, 0.6) is 11.5 Å². The van der Waals surface area contributed by atoms with Crippen molar-refractivity contribution in [3.8, 4) is 11.5 Å². The second-order valence-corrected chi connectivity index (χ2v) is 10.3. The zero-order valence-corrected chi connectivity index (χ0v) is 22.6. The average Bonchev–Trinajstić information content (AvgIpc) is 2.88. The highest BCUT2D eigenvalue weighted by Gasteiger charge is 2.40. The summed E-state index contributed by atoms with van der Waals surface area (Å²) in [4.78, 5) is 2.15. The lowest BCUT2D eigenvalue weighted by molar-refractivity contribution is -0.00813. The molecule has 0 radical (unpaired) electrons. The Balaban J connectivity index is 1.83. The standard InChI is InChI=1S/C27H40NO7P/c1-4-6-17-31-21-26-19-28(23-13-15-24(30-3)16-14-23)20-27(22-32-18-7-5-2)35-36(29,34-26)33-25-11-9-8-10-12-25/h8-16,26-27H,4-7,17-22H2,1-3H3. The third kappa shape index (κ3) is 9.41. The molecule has 0 aromatic heterocycles. The lowest BCUT2D eigenvalue weighted by atomic mass is 10.2. The Morgan fingerprint density at radius 3 is 1.89 bits per heavy atom. The monoisotopic (exact) mass is 521 g/mol. The lowest BCUT2D eigenvalue weighted by Gasteiger charge is -2.37. The second kappa shape index (κ2) is 15.2. The first-order chi connectivity index (χ1) is 17.5. The van der Waals surface area contributed by atoms with Crippen LogP contribution >= 0.6 is 7.82 Å². The summed E-state index contributed by atoms with van der Waals surface area (Å²) in [6.07, 6.45) is 2.90. The van der Waals surface area contributed by atoms with Gasteiger partial charge in [0.05, 0.1) is 20.3 Å². The molecule has 1 aliphatic rings. The number of rotatable bonds is 14. The van der Waals surface area contributed by atoms with Gasteiger partial charge in [-0.15, -0.1) is 0 Å². The van der Waals surface area contributed by atoms with Gasteiger partial charge in [0.2, 0.25) is 0 Å². The van der Waals surface area contributed by atoms with Crippen LogP contribution in [0, 0.1) is 0 Å². The van der Waals surface area contributed by atoms with Gasteiger partial charge in [-0.25, -0.2) is 4.57 Å². The first-order valence-electron chi connectivity index (χ1n) is 12.8. The maximum absolute atomic E-state index is 13.9. The van der Waals surface area contributed by atoms with E-state index in [-0.39, 0.29) is 13.2 Å². The van der Waals surface area contributed by atoms with Gasteiger partial charge >= 0.3 is 7.82 Å². The molecule has 2 atom stereocenters. The highest BCUT2D eigenvalue weighted by Crippen LogP contribution is 2.52. The van der Waals surface area contributed by atoms with Crippen LogP contribution in [0.4, 0.5) is 5.69 Å². The summed E-state index contributed by atoms with van der Waals surface area (Å²) in [7, 11) is -2.32. The maximum atomic E-state index is 13.9. The lowest BCUT2D eigenvalue weighted by Crippen LogP contribution is -2.45. The summed E-state index contributed by atoms with van der Waals surface area (Å²) in [5.74, 6) is 1.20. The Morgan fingerprint density at radius 1 is 0.833 bits per heavy atom. The van der Waals surface area contributed by atoms with E-state index in [2.05, 4.69) is 18.7 Å². The van der Waals surface area contributed by atoms with Crippen LogP contribution in [-0.2, 0) is 23.1 Å². The average molecular weight is 522 g/mol. The Bertz CT molecular complexity index is 884. The van der Waals surface area contributed by atoms with Gasteiger partial charge in [0, 0.05) is 32.0 Å². The Kier molecular flexibility index (Phi) is 12.0. The van der Waals surface area contributed by atoms with E-state index < -0.39 is 20.0 Å². The van der Waals surface area contributed by atoms with E-state index in [4.69, 9.17) is 27.8 Å². The zero-order chi connectivity index (χ0) is 25.6. The van der Waals surface area contributed by atoms with Crippen LogP contribution in [0.1, 0.15) is 39.5 Å². The first kappa shape index (κ1) is 28.5. The summed E-state index contributed by atoms with van der Waals surface area (Å²) in [6.45, 7) is 6.89. The molecule has 1 fully saturated rings. The zero-order valence-electron chi connectivity index (χ0n) is 21.7. The number of hydrogen-bond donors (Lipinski definition) is 0. The molecule has 2 aromatic carbocycles. The van der Waals surface area contributed by atoms with Crippen molar-refractivity contribution in [1.82, 2.24) is 0 Å². The van der Waals surface area contributed by atoms with Crippen LogP contribution < -0.4 is 14.2 Å². The van der Waals surface area contributed by atoms with E-state index in [1.165, 1.54) is 0 Å². The minimum atomic E-state index is -3.97. The van der Waals surface area contributed by atoms with Gasteiger partial charge in [-0.3, -0.25) is 9.05 Å². The summed E-state index contributed by atoms with van der Waals surface area (Å²) >= 11 is 0. The number of benzene rings is 2. The number of phosphoric acid groups is 1. The van der Waals surface area contributed by atoms with Crippen LogP contribution in [0.2, 0.25) is 0 Å². The van der Waals surface area contributed by atoms with Crippen molar-refractivity contribution in [2.75, 3.05) is 51.5 Å². The van der Waals surface area contributed by atoms with Crippen molar-refractivity contribution in [3.63, 3.8) is 0 Å². The number of para-hydroxylation sites is 1. The van der Waals surface area contributed by atoms with Crippen molar-refractivity contribution >= 4 is 13.5 Å². The molecular formula is C27H40NO7P. The summed E-state index contributed by atoms with van der Waals surface area (Å²) < 4.78 is 48.9. The normalized spacial score (nSPS) is 22.6. The fourth-order valence-corrected chi connectivity index (χ4v) is 5.27. The first-order valence-corrected chi connectivity index (χ1v) is 14.3. The van der Waals surface area contributed by atoms with Gasteiger partial charge in [-0.05, 0) is 49.2 Å². The van der Waals surface area contributed by atoms with Crippen LogP contribution in [-0.4, -0.2) is 58.8 Å². The number of unbranched alkanes of at least 4 members (excludes halogenated alkanes) is 2. The molecule has 0 aliphatic carbocycles.